The first-order valence-corrected chi connectivity index (χ1v) is 8.39. The molecule has 0 aliphatic rings. The Morgan fingerprint density at radius 2 is 1.41 bits per heavy atom. The van der Waals surface area contributed by atoms with Crippen molar-refractivity contribution in [3.63, 3.8) is 0 Å². The van der Waals surface area contributed by atoms with Crippen LogP contribution in [0.2, 0.25) is 0 Å². The van der Waals surface area contributed by atoms with Crippen molar-refractivity contribution >= 4 is 22.0 Å². The molecule has 0 radical (unpaired) electrons. The van der Waals surface area contributed by atoms with Crippen LogP contribution in [0.15, 0.2) is 89.5 Å². The van der Waals surface area contributed by atoms with Gasteiger partial charge in [-0.15, -0.1) is 0 Å². The molecule has 6 nitrogen and oxygen atoms in total. The Kier molecular flexibility index (Phi) is 7.42. The number of aromatic nitrogens is 2. The number of rotatable bonds is 1. The summed E-state index contributed by atoms with van der Waals surface area (Å²) < 4.78 is 5.56. The summed E-state index contributed by atoms with van der Waals surface area (Å²) in [7, 11) is 0. The van der Waals surface area contributed by atoms with E-state index in [1.807, 2.05) is 48.5 Å². The fraction of sp³-hybridized carbons (Fsp3) is 0. The van der Waals surface area contributed by atoms with Crippen LogP contribution in [0.5, 0.6) is 11.5 Å². The molecule has 0 saturated carbocycles. The van der Waals surface area contributed by atoms with Gasteiger partial charge in [0, 0.05) is 31.1 Å². The van der Waals surface area contributed by atoms with Crippen LogP contribution in [0.1, 0.15) is 0 Å². The molecule has 5 rings (SSSR count). The number of phenolic OH excluding ortho intramolecular Hbond substituents is 2. The monoisotopic (exact) mass is 438 g/mol. The molecule has 0 spiro atoms. The predicted octanol–water partition coefficient (Wildman–Crippen LogP) is 4.31. The number of pyridine rings is 1. The number of para-hydroxylation sites is 4. The summed E-state index contributed by atoms with van der Waals surface area (Å²) in [5, 5.41) is 20.0. The second-order valence-electron chi connectivity index (χ2n) is 5.86. The number of oxazole rings is 1. The molecule has 142 valence electrons. The van der Waals surface area contributed by atoms with Crippen LogP contribution in [0.3, 0.4) is 0 Å². The van der Waals surface area contributed by atoms with Gasteiger partial charge in [0.1, 0.15) is 22.5 Å². The number of benzene rings is 3. The largest absolute Gasteiger partial charge is 0.507 e. The fourth-order valence-corrected chi connectivity index (χ4v) is 2.73. The first kappa shape index (κ1) is 22.0. The van der Waals surface area contributed by atoms with Gasteiger partial charge in [-0.3, -0.25) is 4.98 Å². The maximum atomic E-state index is 9.69. The predicted molar refractivity (Wildman–Crippen MR) is 108 cm³/mol. The summed E-state index contributed by atoms with van der Waals surface area (Å²) in [4.78, 5) is 8.35. The number of aromatic hydroxyl groups is 2. The van der Waals surface area contributed by atoms with Crippen molar-refractivity contribution in [2.45, 2.75) is 0 Å². The molecule has 0 fully saturated rings. The van der Waals surface area contributed by atoms with Crippen LogP contribution in [0.25, 0.3) is 33.5 Å². The first-order chi connectivity index (χ1) is 13.2. The van der Waals surface area contributed by atoms with E-state index < -0.39 is 0 Å². The van der Waals surface area contributed by atoms with Crippen molar-refractivity contribution in [2.75, 3.05) is 0 Å². The molecule has 2 heterocycles. The van der Waals surface area contributed by atoms with E-state index in [4.69, 9.17) is 4.42 Å². The third-order valence-electron chi connectivity index (χ3n) is 4.04. The van der Waals surface area contributed by atoms with E-state index in [9.17, 15) is 10.2 Å². The number of hydrogen-bond acceptors (Lipinski definition) is 5. The van der Waals surface area contributed by atoms with Crippen molar-refractivity contribution in [3.05, 3.63) is 85.1 Å². The van der Waals surface area contributed by atoms with Crippen LogP contribution >= 0.6 is 0 Å². The fourth-order valence-electron chi connectivity index (χ4n) is 2.73. The van der Waals surface area contributed by atoms with Gasteiger partial charge in [0.2, 0.25) is 5.89 Å². The van der Waals surface area contributed by atoms with E-state index in [2.05, 4.69) is 9.97 Å². The van der Waals surface area contributed by atoms with Gasteiger partial charge in [-0.1, -0.05) is 42.5 Å². The molecule has 0 unspecified atom stereocenters. The maximum Gasteiger partial charge on any atom is 0.231 e. The topological polar surface area (TPSA) is 111 Å². The molecule has 0 saturated heterocycles. The molecule has 2 aromatic heterocycles. The van der Waals surface area contributed by atoms with Crippen LogP contribution in [-0.4, -0.2) is 25.7 Å². The molecular weight excluding hydrogens is 422 g/mol. The Morgan fingerprint density at radius 1 is 0.724 bits per heavy atom. The molecule has 4 N–H and O–H groups in total. The van der Waals surface area contributed by atoms with Gasteiger partial charge < -0.3 is 20.1 Å². The first-order valence-electron chi connectivity index (χ1n) is 8.39. The van der Waals surface area contributed by atoms with Crippen LogP contribution < -0.4 is 0 Å². The van der Waals surface area contributed by atoms with E-state index in [0.717, 1.165) is 16.5 Å². The number of hydrogen-bond donors (Lipinski definition) is 2. The summed E-state index contributed by atoms with van der Waals surface area (Å²) in [5.74, 6) is 0.858. The second kappa shape index (κ2) is 9.78. The molecule has 3 aromatic carbocycles. The van der Waals surface area contributed by atoms with Gasteiger partial charge in [0.05, 0.1) is 5.56 Å². The number of phenols is 2. The summed E-state index contributed by atoms with van der Waals surface area (Å²) in [6.45, 7) is 0. The molecule has 29 heavy (non-hydrogen) atoms. The Balaban J connectivity index is 0.000000205. The molecule has 0 aliphatic heterocycles. The van der Waals surface area contributed by atoms with Gasteiger partial charge in [-0.05, 0) is 36.4 Å². The maximum absolute atomic E-state index is 9.69. The normalized spacial score (nSPS) is 9.79. The standard InChI is InChI=1S/C13H9NO2.C9H7NO.H2O.Zn/c15-11-7-3-1-5-9(11)13-14-10-6-2-4-8-12(10)16-13;11-8-5-1-3-7-4-2-6-10-9(7)8;;/h1-8,15H;1-6,11H;1H2;. The van der Waals surface area contributed by atoms with Crippen molar-refractivity contribution in [1.82, 2.24) is 9.97 Å². The van der Waals surface area contributed by atoms with E-state index in [1.165, 1.54) is 0 Å². The summed E-state index contributed by atoms with van der Waals surface area (Å²) >= 11 is 0. The Hall–Kier alpha value is -3.28. The summed E-state index contributed by atoms with van der Waals surface area (Å²) in [5.41, 5.74) is 2.79. The molecule has 0 atom stereocenters. The van der Waals surface area contributed by atoms with Gasteiger partial charge in [0.25, 0.3) is 0 Å². The minimum atomic E-state index is 0. The zero-order valence-corrected chi connectivity index (χ0v) is 18.5. The molecular formula is C22H18N2O4Zn. The smallest absolute Gasteiger partial charge is 0.231 e. The Labute approximate surface area is 179 Å². The third kappa shape index (κ3) is 4.77. The summed E-state index contributed by atoms with van der Waals surface area (Å²) in [6.07, 6.45) is 1.67. The summed E-state index contributed by atoms with van der Waals surface area (Å²) in [6, 6.07) is 23.6. The van der Waals surface area contributed by atoms with Crippen molar-refractivity contribution in [2.24, 2.45) is 0 Å². The van der Waals surface area contributed by atoms with Crippen molar-refractivity contribution in [1.29, 1.82) is 0 Å². The Bertz CT molecular complexity index is 1190. The van der Waals surface area contributed by atoms with E-state index in [1.54, 1.807) is 36.5 Å². The van der Waals surface area contributed by atoms with Gasteiger partial charge in [-0.25, -0.2) is 4.98 Å². The molecule has 5 aromatic rings. The van der Waals surface area contributed by atoms with Gasteiger partial charge in [-0.2, -0.15) is 0 Å². The molecule has 0 bridgehead atoms. The quantitative estimate of drug-likeness (QED) is 0.378. The third-order valence-corrected chi connectivity index (χ3v) is 4.04. The SMILES string of the molecule is O.Oc1cccc2cccnc12.Oc1ccccc1-c1nc2ccccc2o1.[Zn]. The van der Waals surface area contributed by atoms with Crippen molar-refractivity contribution < 1.29 is 39.6 Å². The van der Waals surface area contributed by atoms with Crippen molar-refractivity contribution in [3.8, 4) is 23.0 Å². The molecule has 0 amide bonds. The van der Waals surface area contributed by atoms with E-state index in [-0.39, 0.29) is 36.5 Å². The van der Waals surface area contributed by atoms with E-state index >= 15 is 0 Å². The zero-order valence-electron chi connectivity index (χ0n) is 15.5. The minimum absolute atomic E-state index is 0. The van der Waals surface area contributed by atoms with Gasteiger partial charge in [0.15, 0.2) is 5.58 Å². The second-order valence-corrected chi connectivity index (χ2v) is 5.86. The molecule has 0 aliphatic carbocycles. The van der Waals surface area contributed by atoms with Crippen LogP contribution in [-0.2, 0) is 19.5 Å². The number of nitrogens with zero attached hydrogens (tertiary/aromatic N) is 2. The van der Waals surface area contributed by atoms with Gasteiger partial charge >= 0.3 is 0 Å². The Morgan fingerprint density at radius 3 is 2.17 bits per heavy atom. The zero-order chi connectivity index (χ0) is 18.6. The number of fused-ring (bicyclic) bond motifs is 2. The average molecular weight is 440 g/mol. The minimum Gasteiger partial charge on any atom is -0.507 e. The molecule has 7 heteroatoms. The average Bonchev–Trinajstić information content (AvgIpc) is 3.13. The van der Waals surface area contributed by atoms with Crippen LogP contribution in [0, 0.1) is 0 Å². The van der Waals surface area contributed by atoms with E-state index in [0.29, 0.717) is 17.0 Å². The van der Waals surface area contributed by atoms with Crippen LogP contribution in [0.4, 0.5) is 0 Å².